The fraction of sp³-hybridized carbons (Fsp3) is 0.958. The molecule has 0 aromatic heterocycles. The molecule has 3 aliphatic rings. The molecule has 0 spiro atoms. The van der Waals surface area contributed by atoms with Gasteiger partial charge in [0.15, 0.2) is 0 Å². The molecule has 2 saturated heterocycles. The van der Waals surface area contributed by atoms with Gasteiger partial charge in [0.25, 0.3) is 0 Å². The third-order valence-electron chi connectivity index (χ3n) is 7.45. The summed E-state index contributed by atoms with van der Waals surface area (Å²) in [5, 5.41) is 0. The van der Waals surface area contributed by atoms with Gasteiger partial charge in [-0.2, -0.15) is 0 Å². The molecule has 0 aromatic rings. The molecular formula is C24H46N2O. The predicted molar refractivity (Wildman–Crippen MR) is 116 cm³/mol. The zero-order chi connectivity index (χ0) is 19.6. The van der Waals surface area contributed by atoms with E-state index in [1.54, 1.807) is 6.92 Å². The smallest absolute Gasteiger partial charge is 0.219 e. The average molecular weight is 379 g/mol. The first-order chi connectivity index (χ1) is 13.0. The standard InChI is InChI=1S/C14H27N.C10H19NO/c1-2-13-8-10-15(11-9-13)12-14-6-4-3-5-7-14;1-8(2)10-4-6-11(7-5-10)9(3)12/h13-14H,2-12H2,1H3;8,10H,4-7H2,1-3H3. The Bertz CT molecular complexity index is 401. The van der Waals surface area contributed by atoms with Crippen molar-refractivity contribution in [3.8, 4) is 0 Å². The topological polar surface area (TPSA) is 23.6 Å². The fourth-order valence-corrected chi connectivity index (χ4v) is 5.19. The monoisotopic (exact) mass is 378 g/mol. The van der Waals surface area contributed by atoms with E-state index in [1.165, 1.54) is 83.8 Å². The van der Waals surface area contributed by atoms with Gasteiger partial charge in [-0.15, -0.1) is 0 Å². The van der Waals surface area contributed by atoms with E-state index in [-0.39, 0.29) is 5.91 Å². The molecule has 3 heteroatoms. The highest BCUT2D eigenvalue weighted by atomic mass is 16.2. The van der Waals surface area contributed by atoms with Crippen LogP contribution >= 0.6 is 0 Å². The van der Waals surface area contributed by atoms with Crippen molar-refractivity contribution in [2.24, 2.45) is 23.7 Å². The minimum absolute atomic E-state index is 0.234. The van der Waals surface area contributed by atoms with Crippen molar-refractivity contribution in [1.82, 2.24) is 9.80 Å². The van der Waals surface area contributed by atoms with Gasteiger partial charge in [-0.3, -0.25) is 4.79 Å². The number of hydrogen-bond donors (Lipinski definition) is 0. The number of amides is 1. The highest BCUT2D eigenvalue weighted by molar-refractivity contribution is 5.73. The number of rotatable bonds is 4. The van der Waals surface area contributed by atoms with E-state index in [4.69, 9.17) is 0 Å². The molecular weight excluding hydrogens is 332 g/mol. The van der Waals surface area contributed by atoms with Crippen LogP contribution in [-0.2, 0) is 4.79 Å². The van der Waals surface area contributed by atoms with Crippen LogP contribution in [0.25, 0.3) is 0 Å². The lowest BCUT2D eigenvalue weighted by atomic mass is 9.87. The SMILES string of the molecule is CC(=O)N1CCC(C(C)C)CC1.CCC1CCN(CC2CCCCC2)CC1. The number of likely N-dealkylation sites (tertiary alicyclic amines) is 2. The van der Waals surface area contributed by atoms with E-state index in [0.717, 1.165) is 36.8 Å². The van der Waals surface area contributed by atoms with Gasteiger partial charge in [0, 0.05) is 26.6 Å². The Hall–Kier alpha value is -0.570. The lowest BCUT2D eigenvalue weighted by molar-refractivity contribution is -0.130. The summed E-state index contributed by atoms with van der Waals surface area (Å²) in [5.74, 6) is 3.92. The maximum Gasteiger partial charge on any atom is 0.219 e. The van der Waals surface area contributed by atoms with Crippen molar-refractivity contribution in [1.29, 1.82) is 0 Å². The molecule has 158 valence electrons. The molecule has 0 unspecified atom stereocenters. The Morgan fingerprint density at radius 2 is 1.44 bits per heavy atom. The number of carbonyl (C=O) groups is 1. The minimum atomic E-state index is 0.234. The third-order valence-corrected chi connectivity index (χ3v) is 7.45. The molecule has 1 aliphatic carbocycles. The van der Waals surface area contributed by atoms with Gasteiger partial charge in [-0.1, -0.05) is 46.5 Å². The summed E-state index contributed by atoms with van der Waals surface area (Å²) >= 11 is 0. The minimum Gasteiger partial charge on any atom is -0.343 e. The molecule has 1 saturated carbocycles. The third kappa shape index (κ3) is 8.13. The normalized spacial score (nSPS) is 24.0. The van der Waals surface area contributed by atoms with Gasteiger partial charge >= 0.3 is 0 Å². The largest absolute Gasteiger partial charge is 0.343 e. The summed E-state index contributed by atoms with van der Waals surface area (Å²) in [6, 6.07) is 0. The van der Waals surface area contributed by atoms with Crippen LogP contribution in [0.4, 0.5) is 0 Å². The van der Waals surface area contributed by atoms with Gasteiger partial charge in [0.1, 0.15) is 0 Å². The number of hydrogen-bond acceptors (Lipinski definition) is 2. The highest BCUT2D eigenvalue weighted by Crippen LogP contribution is 2.27. The summed E-state index contributed by atoms with van der Waals surface area (Å²) in [5.41, 5.74) is 0. The second-order valence-electron chi connectivity index (χ2n) is 9.74. The van der Waals surface area contributed by atoms with Crippen LogP contribution in [0.1, 0.15) is 91.9 Å². The quantitative estimate of drug-likeness (QED) is 0.636. The Balaban J connectivity index is 0.000000199. The maximum atomic E-state index is 11.0. The average Bonchev–Trinajstić information content (AvgIpc) is 2.70. The fourth-order valence-electron chi connectivity index (χ4n) is 5.19. The Morgan fingerprint density at radius 3 is 1.93 bits per heavy atom. The van der Waals surface area contributed by atoms with Crippen LogP contribution in [0.2, 0.25) is 0 Å². The first-order valence-electron chi connectivity index (χ1n) is 12.0. The van der Waals surface area contributed by atoms with Crippen molar-refractivity contribution >= 4 is 5.91 Å². The summed E-state index contributed by atoms with van der Waals surface area (Å²) in [7, 11) is 0. The second kappa shape index (κ2) is 12.1. The van der Waals surface area contributed by atoms with E-state index in [0.29, 0.717) is 0 Å². The van der Waals surface area contributed by atoms with E-state index in [9.17, 15) is 4.79 Å². The Kier molecular flexibility index (Phi) is 10.2. The molecule has 1 amide bonds. The summed E-state index contributed by atoms with van der Waals surface area (Å²) < 4.78 is 0. The zero-order valence-corrected chi connectivity index (χ0v) is 18.7. The highest BCUT2D eigenvalue weighted by Gasteiger charge is 2.23. The molecule has 0 radical (unpaired) electrons. The van der Waals surface area contributed by atoms with Crippen LogP contribution in [-0.4, -0.2) is 48.4 Å². The van der Waals surface area contributed by atoms with E-state index < -0.39 is 0 Å². The molecule has 0 bridgehead atoms. The maximum absolute atomic E-state index is 11.0. The molecule has 3 nitrogen and oxygen atoms in total. The van der Waals surface area contributed by atoms with Gasteiger partial charge in [-0.05, 0) is 75.3 Å². The second-order valence-corrected chi connectivity index (χ2v) is 9.74. The van der Waals surface area contributed by atoms with E-state index in [2.05, 4.69) is 25.7 Å². The van der Waals surface area contributed by atoms with Crippen LogP contribution in [0.15, 0.2) is 0 Å². The van der Waals surface area contributed by atoms with Gasteiger partial charge < -0.3 is 9.80 Å². The summed E-state index contributed by atoms with van der Waals surface area (Å²) in [6.45, 7) is 14.7. The van der Waals surface area contributed by atoms with Crippen molar-refractivity contribution < 1.29 is 4.79 Å². The lowest BCUT2D eigenvalue weighted by Gasteiger charge is -2.35. The van der Waals surface area contributed by atoms with Crippen molar-refractivity contribution in [2.75, 3.05) is 32.7 Å². The number of nitrogens with zero attached hydrogens (tertiary/aromatic N) is 2. The van der Waals surface area contributed by atoms with Gasteiger partial charge in [0.05, 0.1) is 0 Å². The number of carbonyl (C=O) groups excluding carboxylic acids is 1. The van der Waals surface area contributed by atoms with Crippen LogP contribution in [0.5, 0.6) is 0 Å². The van der Waals surface area contributed by atoms with Gasteiger partial charge in [-0.25, -0.2) is 0 Å². The van der Waals surface area contributed by atoms with Crippen LogP contribution < -0.4 is 0 Å². The van der Waals surface area contributed by atoms with Crippen molar-refractivity contribution in [3.05, 3.63) is 0 Å². The summed E-state index contributed by atoms with van der Waals surface area (Å²) in [6.07, 6.45) is 14.2. The van der Waals surface area contributed by atoms with Crippen LogP contribution in [0.3, 0.4) is 0 Å². The Morgan fingerprint density at radius 1 is 0.852 bits per heavy atom. The summed E-state index contributed by atoms with van der Waals surface area (Å²) in [4.78, 5) is 15.7. The molecule has 27 heavy (non-hydrogen) atoms. The van der Waals surface area contributed by atoms with Crippen molar-refractivity contribution in [3.63, 3.8) is 0 Å². The molecule has 0 atom stereocenters. The van der Waals surface area contributed by atoms with Gasteiger partial charge in [0.2, 0.25) is 5.91 Å². The molecule has 3 rings (SSSR count). The molecule has 2 aliphatic heterocycles. The Labute approximate surface area is 169 Å². The van der Waals surface area contributed by atoms with E-state index in [1.807, 2.05) is 4.90 Å². The lowest BCUT2D eigenvalue weighted by Crippen LogP contribution is -2.38. The molecule has 2 heterocycles. The zero-order valence-electron chi connectivity index (χ0n) is 18.7. The van der Waals surface area contributed by atoms with Crippen molar-refractivity contribution in [2.45, 2.75) is 91.9 Å². The molecule has 3 fully saturated rings. The van der Waals surface area contributed by atoms with E-state index >= 15 is 0 Å². The predicted octanol–water partition coefficient (Wildman–Crippen LogP) is 5.59. The molecule has 0 aromatic carbocycles. The van der Waals surface area contributed by atoms with Crippen LogP contribution in [0, 0.1) is 23.7 Å². The first-order valence-corrected chi connectivity index (χ1v) is 12.0. The molecule has 0 N–H and O–H groups in total. The first kappa shape index (κ1) is 22.7. The number of piperidine rings is 2.